The average Bonchev–Trinajstić information content (AvgIpc) is 2.92. The van der Waals surface area contributed by atoms with Gasteiger partial charge in [-0.2, -0.15) is 0 Å². The molecule has 0 aromatic carbocycles. The van der Waals surface area contributed by atoms with Crippen molar-refractivity contribution in [2.75, 3.05) is 0 Å². The van der Waals surface area contributed by atoms with Crippen molar-refractivity contribution < 1.29 is 0 Å². The minimum absolute atomic E-state index is 0.780. The fraction of sp³-hybridized carbons (Fsp3) is 0.583. The van der Waals surface area contributed by atoms with Crippen LogP contribution in [-0.2, 0) is 6.54 Å². The summed E-state index contributed by atoms with van der Waals surface area (Å²) in [7, 11) is 0. The largest absolute Gasteiger partial charge is 0.308 e. The van der Waals surface area contributed by atoms with Gasteiger partial charge in [-0.05, 0) is 43.2 Å². The van der Waals surface area contributed by atoms with Crippen LogP contribution in [0.4, 0.5) is 0 Å². The van der Waals surface area contributed by atoms with Crippen molar-refractivity contribution in [3.8, 4) is 0 Å². The van der Waals surface area contributed by atoms with E-state index in [9.17, 15) is 0 Å². The van der Waals surface area contributed by atoms with Gasteiger partial charge in [0.1, 0.15) is 0 Å². The van der Waals surface area contributed by atoms with E-state index in [0.717, 1.165) is 30.1 Å². The van der Waals surface area contributed by atoms with Crippen molar-refractivity contribution in [2.24, 2.45) is 11.8 Å². The van der Waals surface area contributed by atoms with Crippen LogP contribution in [0.2, 0.25) is 0 Å². The second kappa shape index (κ2) is 3.35. The Morgan fingerprint density at radius 2 is 2.36 bits per heavy atom. The lowest BCUT2D eigenvalue weighted by Gasteiger charge is -2.13. The molecule has 14 heavy (non-hydrogen) atoms. The number of rotatable bonds is 3. The Balaban J connectivity index is 1.54. The summed E-state index contributed by atoms with van der Waals surface area (Å²) in [5.74, 6) is 2.06. The van der Waals surface area contributed by atoms with Crippen molar-refractivity contribution >= 4 is 0 Å². The van der Waals surface area contributed by atoms with E-state index >= 15 is 0 Å². The lowest BCUT2D eigenvalue weighted by Crippen LogP contribution is -2.28. The molecule has 1 aromatic heterocycles. The van der Waals surface area contributed by atoms with Crippen LogP contribution < -0.4 is 5.32 Å². The molecule has 0 aliphatic heterocycles. The normalized spacial score (nSPS) is 34.1. The van der Waals surface area contributed by atoms with Crippen molar-refractivity contribution in [1.82, 2.24) is 10.3 Å². The molecule has 2 fully saturated rings. The highest BCUT2D eigenvalue weighted by molar-refractivity contribution is 5.05. The van der Waals surface area contributed by atoms with Gasteiger partial charge in [-0.15, -0.1) is 0 Å². The summed E-state index contributed by atoms with van der Waals surface area (Å²) >= 11 is 0. The highest BCUT2D eigenvalue weighted by Crippen LogP contribution is 2.51. The van der Waals surface area contributed by atoms with Gasteiger partial charge < -0.3 is 5.32 Å². The Labute approximate surface area is 84.7 Å². The first-order chi connectivity index (χ1) is 6.93. The van der Waals surface area contributed by atoms with Gasteiger partial charge in [0.05, 0.1) is 5.69 Å². The maximum absolute atomic E-state index is 4.32. The summed E-state index contributed by atoms with van der Waals surface area (Å²) in [6.07, 6.45) is 6.16. The molecule has 0 amide bonds. The summed E-state index contributed by atoms with van der Waals surface area (Å²) in [6.45, 7) is 0.939. The molecular weight excluding hydrogens is 172 g/mol. The predicted octanol–water partition coefficient (Wildman–Crippen LogP) is 1.97. The Morgan fingerprint density at radius 1 is 1.36 bits per heavy atom. The number of fused-ring (bicyclic) bond motifs is 1. The third-order valence-electron chi connectivity index (χ3n) is 3.61. The lowest BCUT2D eigenvalue weighted by atomic mass is 10.1. The molecule has 0 spiro atoms. The minimum Gasteiger partial charge on any atom is -0.308 e. The quantitative estimate of drug-likeness (QED) is 0.784. The molecule has 2 heteroatoms. The SMILES string of the molecule is c1ccc(CNC2CCC3CC32)nc1. The molecule has 3 rings (SSSR count). The number of pyridine rings is 1. The van der Waals surface area contributed by atoms with Crippen LogP contribution in [-0.4, -0.2) is 11.0 Å². The molecule has 2 saturated carbocycles. The maximum Gasteiger partial charge on any atom is 0.0541 e. The number of hydrogen-bond acceptors (Lipinski definition) is 2. The molecule has 1 N–H and O–H groups in total. The summed E-state index contributed by atoms with van der Waals surface area (Å²) in [4.78, 5) is 4.32. The second-order valence-electron chi connectivity index (χ2n) is 4.55. The Kier molecular flexibility index (Phi) is 2.02. The smallest absolute Gasteiger partial charge is 0.0541 e. The van der Waals surface area contributed by atoms with Gasteiger partial charge in [0.25, 0.3) is 0 Å². The molecule has 3 atom stereocenters. The fourth-order valence-electron chi connectivity index (χ4n) is 2.70. The van der Waals surface area contributed by atoms with Crippen LogP contribution in [0.15, 0.2) is 24.4 Å². The molecule has 0 saturated heterocycles. The van der Waals surface area contributed by atoms with Crippen LogP contribution in [0.3, 0.4) is 0 Å². The van der Waals surface area contributed by atoms with Crippen molar-refractivity contribution in [1.29, 1.82) is 0 Å². The third kappa shape index (κ3) is 1.55. The number of nitrogens with zero attached hydrogens (tertiary/aromatic N) is 1. The zero-order valence-corrected chi connectivity index (χ0v) is 8.32. The van der Waals surface area contributed by atoms with E-state index in [1.54, 1.807) is 0 Å². The zero-order valence-electron chi connectivity index (χ0n) is 8.32. The first-order valence-corrected chi connectivity index (χ1v) is 5.57. The zero-order chi connectivity index (χ0) is 9.38. The van der Waals surface area contributed by atoms with Crippen LogP contribution in [0.5, 0.6) is 0 Å². The summed E-state index contributed by atoms with van der Waals surface area (Å²) < 4.78 is 0. The van der Waals surface area contributed by atoms with Gasteiger partial charge >= 0.3 is 0 Å². The summed E-state index contributed by atoms with van der Waals surface area (Å²) in [5.41, 5.74) is 1.16. The summed E-state index contributed by atoms with van der Waals surface area (Å²) in [6, 6.07) is 6.89. The molecule has 0 radical (unpaired) electrons. The molecule has 0 bridgehead atoms. The standard InChI is InChI=1S/C12H16N2/c1-2-6-13-10(3-1)8-14-12-5-4-9-7-11(9)12/h1-3,6,9,11-12,14H,4-5,7-8H2. The van der Waals surface area contributed by atoms with E-state index in [0.29, 0.717) is 0 Å². The van der Waals surface area contributed by atoms with Crippen LogP contribution >= 0.6 is 0 Å². The van der Waals surface area contributed by atoms with E-state index < -0.39 is 0 Å². The van der Waals surface area contributed by atoms with Gasteiger partial charge in [0.15, 0.2) is 0 Å². The molecule has 2 aliphatic rings. The maximum atomic E-state index is 4.32. The van der Waals surface area contributed by atoms with Crippen molar-refractivity contribution in [3.63, 3.8) is 0 Å². The van der Waals surface area contributed by atoms with Crippen LogP contribution in [0.25, 0.3) is 0 Å². The van der Waals surface area contributed by atoms with Crippen molar-refractivity contribution in [2.45, 2.75) is 31.8 Å². The van der Waals surface area contributed by atoms with Gasteiger partial charge in [-0.25, -0.2) is 0 Å². The molecule has 2 nitrogen and oxygen atoms in total. The Bertz CT molecular complexity index is 309. The number of nitrogens with one attached hydrogen (secondary N) is 1. The molecule has 1 heterocycles. The van der Waals surface area contributed by atoms with E-state index in [-0.39, 0.29) is 0 Å². The Morgan fingerprint density at radius 3 is 3.00 bits per heavy atom. The van der Waals surface area contributed by atoms with Crippen LogP contribution in [0, 0.1) is 11.8 Å². The van der Waals surface area contributed by atoms with E-state index in [1.807, 2.05) is 12.3 Å². The highest BCUT2D eigenvalue weighted by atomic mass is 15.0. The molecule has 74 valence electrons. The summed E-state index contributed by atoms with van der Waals surface area (Å²) in [5, 5.41) is 3.63. The lowest BCUT2D eigenvalue weighted by molar-refractivity contribution is 0.471. The molecule has 1 aromatic rings. The monoisotopic (exact) mass is 188 g/mol. The first-order valence-electron chi connectivity index (χ1n) is 5.57. The van der Waals surface area contributed by atoms with Crippen LogP contribution in [0.1, 0.15) is 25.0 Å². The van der Waals surface area contributed by atoms with Gasteiger partial charge in [-0.3, -0.25) is 4.98 Å². The van der Waals surface area contributed by atoms with E-state index in [1.165, 1.54) is 19.3 Å². The van der Waals surface area contributed by atoms with Gasteiger partial charge in [0, 0.05) is 18.8 Å². The fourth-order valence-corrected chi connectivity index (χ4v) is 2.70. The highest BCUT2D eigenvalue weighted by Gasteiger charge is 2.47. The first kappa shape index (κ1) is 8.42. The average molecular weight is 188 g/mol. The second-order valence-corrected chi connectivity index (χ2v) is 4.55. The topological polar surface area (TPSA) is 24.9 Å². The van der Waals surface area contributed by atoms with E-state index in [2.05, 4.69) is 22.4 Å². The number of hydrogen-bond donors (Lipinski definition) is 1. The molecular formula is C12H16N2. The molecule has 2 aliphatic carbocycles. The van der Waals surface area contributed by atoms with Gasteiger partial charge in [-0.1, -0.05) is 6.07 Å². The predicted molar refractivity (Wildman–Crippen MR) is 55.7 cm³/mol. The van der Waals surface area contributed by atoms with Crippen molar-refractivity contribution in [3.05, 3.63) is 30.1 Å². The third-order valence-corrected chi connectivity index (χ3v) is 3.61. The Hall–Kier alpha value is -0.890. The molecule has 3 unspecified atom stereocenters. The minimum atomic E-state index is 0.780. The van der Waals surface area contributed by atoms with E-state index in [4.69, 9.17) is 0 Å². The van der Waals surface area contributed by atoms with Gasteiger partial charge in [0.2, 0.25) is 0 Å². The number of aromatic nitrogens is 1.